The van der Waals surface area contributed by atoms with E-state index in [1.54, 1.807) is 18.2 Å². The van der Waals surface area contributed by atoms with Gasteiger partial charge in [-0.15, -0.1) is 5.10 Å². The number of aromatic nitrogens is 5. The number of hydrogen-bond donors (Lipinski definition) is 1. The first-order valence-corrected chi connectivity index (χ1v) is 7.80. The Morgan fingerprint density at radius 2 is 2.24 bits per heavy atom. The summed E-state index contributed by atoms with van der Waals surface area (Å²) in [5.41, 5.74) is 1.60. The highest BCUT2D eigenvalue weighted by molar-refractivity contribution is 5.77. The molecule has 0 unspecified atom stereocenters. The summed E-state index contributed by atoms with van der Waals surface area (Å²) in [4.78, 5) is 11.9. The predicted octanol–water partition coefficient (Wildman–Crippen LogP) is 1.47. The van der Waals surface area contributed by atoms with Gasteiger partial charge >= 0.3 is 0 Å². The van der Waals surface area contributed by atoms with Crippen LogP contribution in [0.3, 0.4) is 0 Å². The molecule has 130 valence electrons. The third-order valence-corrected chi connectivity index (χ3v) is 3.43. The number of carbonyl (C=O) groups excluding carboxylic acids is 1. The Labute approximate surface area is 144 Å². The van der Waals surface area contributed by atoms with Crippen LogP contribution in [0.5, 0.6) is 5.75 Å². The van der Waals surface area contributed by atoms with Crippen LogP contribution >= 0.6 is 0 Å². The highest BCUT2D eigenvalue weighted by Crippen LogP contribution is 2.16. The normalized spacial score (nSPS) is 10.8. The minimum Gasteiger partial charge on any atom is -0.484 e. The highest BCUT2D eigenvalue weighted by atomic mass is 16.5. The van der Waals surface area contributed by atoms with Crippen LogP contribution in [0.4, 0.5) is 0 Å². The van der Waals surface area contributed by atoms with E-state index in [0.29, 0.717) is 11.5 Å². The summed E-state index contributed by atoms with van der Waals surface area (Å²) in [6.45, 7) is 4.21. The molecule has 9 nitrogen and oxygen atoms in total. The Morgan fingerprint density at radius 3 is 2.96 bits per heavy atom. The van der Waals surface area contributed by atoms with Crippen LogP contribution in [0.15, 0.2) is 41.2 Å². The Balaban J connectivity index is 1.49. The van der Waals surface area contributed by atoms with E-state index in [1.807, 2.05) is 26.0 Å². The predicted molar refractivity (Wildman–Crippen MR) is 87.1 cm³/mol. The highest BCUT2D eigenvalue weighted by Gasteiger charge is 2.09. The lowest BCUT2D eigenvalue weighted by atomic mass is 10.1. The Morgan fingerprint density at radius 1 is 1.36 bits per heavy atom. The standard InChI is InChI=1S/C16H18N6O3/c1-11(2)15-7-14(25-19-15)8-17-16(23)9-24-13-5-3-4-12(6-13)22-10-18-20-21-22/h3-7,10-11H,8-9H2,1-2H3,(H,17,23). The first-order chi connectivity index (χ1) is 12.1. The van der Waals surface area contributed by atoms with Gasteiger partial charge in [0.1, 0.15) is 12.1 Å². The van der Waals surface area contributed by atoms with Crippen molar-refractivity contribution in [2.75, 3.05) is 6.61 Å². The van der Waals surface area contributed by atoms with Crippen LogP contribution in [0.25, 0.3) is 5.69 Å². The lowest BCUT2D eigenvalue weighted by Gasteiger charge is -2.07. The van der Waals surface area contributed by atoms with Crippen molar-refractivity contribution >= 4 is 5.91 Å². The van der Waals surface area contributed by atoms with Crippen LogP contribution in [-0.2, 0) is 11.3 Å². The second-order valence-corrected chi connectivity index (χ2v) is 5.69. The second kappa shape index (κ2) is 7.56. The number of carbonyl (C=O) groups is 1. The van der Waals surface area contributed by atoms with Crippen LogP contribution in [-0.4, -0.2) is 37.9 Å². The molecule has 0 aliphatic rings. The van der Waals surface area contributed by atoms with Gasteiger partial charge in [0.05, 0.1) is 17.9 Å². The fraction of sp³-hybridized carbons (Fsp3) is 0.312. The fourth-order valence-corrected chi connectivity index (χ4v) is 2.07. The largest absolute Gasteiger partial charge is 0.484 e. The zero-order chi connectivity index (χ0) is 17.6. The Kier molecular flexibility index (Phi) is 5.03. The van der Waals surface area contributed by atoms with Crippen molar-refractivity contribution in [3.8, 4) is 11.4 Å². The molecule has 0 saturated carbocycles. The third kappa shape index (κ3) is 4.40. The van der Waals surface area contributed by atoms with Crippen LogP contribution in [0.2, 0.25) is 0 Å². The number of nitrogens with one attached hydrogen (secondary N) is 1. The number of rotatable bonds is 7. The maximum absolute atomic E-state index is 11.9. The zero-order valence-corrected chi connectivity index (χ0v) is 13.9. The van der Waals surface area contributed by atoms with E-state index in [1.165, 1.54) is 11.0 Å². The summed E-state index contributed by atoms with van der Waals surface area (Å²) in [6, 6.07) is 8.97. The van der Waals surface area contributed by atoms with E-state index in [0.717, 1.165) is 11.4 Å². The number of tetrazole rings is 1. The average Bonchev–Trinajstić information content (AvgIpc) is 3.30. The fourth-order valence-electron chi connectivity index (χ4n) is 2.07. The molecule has 1 N–H and O–H groups in total. The first kappa shape index (κ1) is 16.6. The zero-order valence-electron chi connectivity index (χ0n) is 13.9. The van der Waals surface area contributed by atoms with Gasteiger partial charge in [-0.05, 0) is 28.5 Å². The molecule has 0 bridgehead atoms. The topological polar surface area (TPSA) is 108 Å². The molecule has 25 heavy (non-hydrogen) atoms. The molecule has 2 heterocycles. The average molecular weight is 342 g/mol. The maximum atomic E-state index is 11.9. The molecule has 1 amide bonds. The van der Waals surface area contributed by atoms with Gasteiger partial charge in [0.2, 0.25) is 0 Å². The van der Waals surface area contributed by atoms with Crippen molar-refractivity contribution in [2.24, 2.45) is 0 Å². The summed E-state index contributed by atoms with van der Waals surface area (Å²) >= 11 is 0. The summed E-state index contributed by atoms with van der Waals surface area (Å²) < 4.78 is 12.2. The minimum atomic E-state index is -0.254. The molecule has 3 rings (SSSR count). The molecule has 9 heteroatoms. The van der Waals surface area contributed by atoms with Crippen LogP contribution in [0.1, 0.15) is 31.2 Å². The Hall–Kier alpha value is -3.23. The molecule has 2 aromatic heterocycles. The van der Waals surface area contributed by atoms with Crippen molar-refractivity contribution in [1.29, 1.82) is 0 Å². The molecule has 3 aromatic rings. The monoisotopic (exact) mass is 342 g/mol. The molecular weight excluding hydrogens is 324 g/mol. The maximum Gasteiger partial charge on any atom is 0.258 e. The summed E-state index contributed by atoms with van der Waals surface area (Å²) in [5, 5.41) is 17.6. The third-order valence-electron chi connectivity index (χ3n) is 3.43. The molecule has 0 aliphatic carbocycles. The van der Waals surface area contributed by atoms with E-state index in [9.17, 15) is 4.79 Å². The quantitative estimate of drug-likeness (QED) is 0.692. The number of hydrogen-bond acceptors (Lipinski definition) is 7. The van der Waals surface area contributed by atoms with E-state index in [4.69, 9.17) is 9.26 Å². The van der Waals surface area contributed by atoms with Gasteiger partial charge in [-0.25, -0.2) is 4.68 Å². The van der Waals surface area contributed by atoms with Crippen molar-refractivity contribution < 1.29 is 14.1 Å². The Bertz CT molecular complexity index is 828. The van der Waals surface area contributed by atoms with Gasteiger partial charge in [-0.2, -0.15) is 0 Å². The number of benzene rings is 1. The summed E-state index contributed by atoms with van der Waals surface area (Å²) in [6.07, 6.45) is 1.48. The van der Waals surface area contributed by atoms with E-state index in [-0.39, 0.29) is 25.0 Å². The van der Waals surface area contributed by atoms with Crippen molar-refractivity contribution in [3.63, 3.8) is 0 Å². The van der Waals surface area contributed by atoms with Gasteiger partial charge < -0.3 is 14.6 Å². The number of nitrogens with zero attached hydrogens (tertiary/aromatic N) is 5. The summed E-state index contributed by atoms with van der Waals surface area (Å²) in [5.74, 6) is 1.18. The molecule has 0 radical (unpaired) electrons. The van der Waals surface area contributed by atoms with Gasteiger partial charge in [-0.3, -0.25) is 4.79 Å². The van der Waals surface area contributed by atoms with Gasteiger partial charge in [0, 0.05) is 12.1 Å². The molecule has 0 spiro atoms. The van der Waals surface area contributed by atoms with E-state index >= 15 is 0 Å². The molecule has 0 saturated heterocycles. The number of ether oxygens (including phenoxy) is 1. The van der Waals surface area contributed by atoms with Gasteiger partial charge in [-0.1, -0.05) is 25.1 Å². The molecule has 1 aromatic carbocycles. The first-order valence-electron chi connectivity index (χ1n) is 7.80. The molecule has 0 fully saturated rings. The van der Waals surface area contributed by atoms with Gasteiger partial charge in [0.15, 0.2) is 12.4 Å². The van der Waals surface area contributed by atoms with Crippen molar-refractivity contribution in [1.82, 2.24) is 30.7 Å². The minimum absolute atomic E-state index is 0.107. The van der Waals surface area contributed by atoms with Crippen LogP contribution < -0.4 is 10.1 Å². The SMILES string of the molecule is CC(C)c1cc(CNC(=O)COc2cccc(-n3cnnn3)c2)on1. The van der Waals surface area contributed by atoms with Crippen molar-refractivity contribution in [3.05, 3.63) is 48.1 Å². The molecule has 0 atom stereocenters. The molecule has 0 aliphatic heterocycles. The lowest BCUT2D eigenvalue weighted by molar-refractivity contribution is -0.123. The van der Waals surface area contributed by atoms with Gasteiger partial charge in [0.25, 0.3) is 5.91 Å². The smallest absolute Gasteiger partial charge is 0.258 e. The van der Waals surface area contributed by atoms with E-state index < -0.39 is 0 Å². The van der Waals surface area contributed by atoms with Crippen LogP contribution in [0, 0.1) is 0 Å². The summed E-state index contributed by atoms with van der Waals surface area (Å²) in [7, 11) is 0. The lowest BCUT2D eigenvalue weighted by Crippen LogP contribution is -2.28. The van der Waals surface area contributed by atoms with Crippen molar-refractivity contribution in [2.45, 2.75) is 26.3 Å². The molecular formula is C16H18N6O3. The van der Waals surface area contributed by atoms with E-state index in [2.05, 4.69) is 26.0 Å². The second-order valence-electron chi connectivity index (χ2n) is 5.69. The number of amides is 1.